The number of anilines is 1. The first-order chi connectivity index (χ1) is 15.2. The number of ether oxygens (including phenoxy) is 2. The number of carbonyl (C=O) groups is 2. The maximum atomic E-state index is 12.4. The zero-order valence-corrected chi connectivity index (χ0v) is 19.3. The molecule has 1 aliphatic heterocycles. The zero-order chi connectivity index (χ0) is 23.1. The van der Waals surface area contributed by atoms with Gasteiger partial charge in [-0.1, -0.05) is 18.2 Å². The summed E-state index contributed by atoms with van der Waals surface area (Å²) in [5.41, 5.74) is 2.45. The van der Waals surface area contributed by atoms with Crippen molar-refractivity contribution in [2.75, 3.05) is 44.8 Å². The van der Waals surface area contributed by atoms with Crippen molar-refractivity contribution in [3.63, 3.8) is 0 Å². The van der Waals surface area contributed by atoms with Crippen molar-refractivity contribution >= 4 is 17.8 Å². The Kier molecular flexibility index (Phi) is 7.69. The van der Waals surface area contributed by atoms with E-state index in [0.717, 1.165) is 48.8 Å². The lowest BCUT2D eigenvalue weighted by atomic mass is 10.0. The van der Waals surface area contributed by atoms with Crippen LogP contribution in [0.1, 0.15) is 26.3 Å². The number of alkyl carbamates (subject to hydrolysis) is 1. The van der Waals surface area contributed by atoms with E-state index in [9.17, 15) is 9.59 Å². The molecule has 1 aliphatic rings. The molecule has 0 unspecified atom stereocenters. The fraction of sp³-hybridized carbons (Fsp3) is 0.458. The van der Waals surface area contributed by atoms with Crippen molar-refractivity contribution in [3.05, 3.63) is 48.2 Å². The van der Waals surface area contributed by atoms with Crippen LogP contribution in [0.15, 0.2) is 42.6 Å². The molecular weight excluding hydrogens is 408 g/mol. The molecule has 172 valence electrons. The van der Waals surface area contributed by atoms with Crippen molar-refractivity contribution in [3.8, 4) is 11.1 Å². The Morgan fingerprint density at radius 3 is 2.56 bits per heavy atom. The highest BCUT2D eigenvalue weighted by atomic mass is 16.6. The maximum Gasteiger partial charge on any atom is 0.408 e. The number of nitrogens with one attached hydrogen (secondary N) is 1. The van der Waals surface area contributed by atoms with Gasteiger partial charge in [-0.25, -0.2) is 9.78 Å². The van der Waals surface area contributed by atoms with E-state index in [4.69, 9.17) is 9.47 Å². The predicted octanol–water partition coefficient (Wildman–Crippen LogP) is 3.07. The Morgan fingerprint density at radius 1 is 1.16 bits per heavy atom. The quantitative estimate of drug-likeness (QED) is 0.743. The Morgan fingerprint density at radius 2 is 1.91 bits per heavy atom. The van der Waals surface area contributed by atoms with Gasteiger partial charge in [-0.15, -0.1) is 0 Å². The van der Waals surface area contributed by atoms with E-state index in [1.54, 1.807) is 32.7 Å². The van der Waals surface area contributed by atoms with Gasteiger partial charge in [-0.05, 0) is 50.1 Å². The fourth-order valence-corrected chi connectivity index (χ4v) is 3.34. The van der Waals surface area contributed by atoms with Crippen LogP contribution < -0.4 is 10.2 Å². The van der Waals surface area contributed by atoms with Crippen molar-refractivity contribution in [1.29, 1.82) is 0 Å². The van der Waals surface area contributed by atoms with Crippen molar-refractivity contribution in [2.45, 2.75) is 32.9 Å². The first kappa shape index (κ1) is 23.5. The van der Waals surface area contributed by atoms with Gasteiger partial charge in [0.15, 0.2) is 0 Å². The Labute approximate surface area is 189 Å². The number of nitrogens with zero attached hydrogens (tertiary/aromatic N) is 3. The molecule has 0 atom stereocenters. The summed E-state index contributed by atoms with van der Waals surface area (Å²) in [6.45, 7) is 8.81. The number of hydrogen-bond acceptors (Lipinski definition) is 6. The van der Waals surface area contributed by atoms with Gasteiger partial charge < -0.3 is 24.6 Å². The second-order valence-corrected chi connectivity index (χ2v) is 8.81. The molecule has 2 heterocycles. The lowest BCUT2D eigenvalue weighted by Gasteiger charge is -2.27. The summed E-state index contributed by atoms with van der Waals surface area (Å²) >= 11 is 0. The largest absolute Gasteiger partial charge is 0.444 e. The first-order valence-corrected chi connectivity index (χ1v) is 10.8. The number of carbonyl (C=O) groups excluding carboxylic acids is 2. The van der Waals surface area contributed by atoms with Gasteiger partial charge in [0.2, 0.25) is 5.91 Å². The minimum Gasteiger partial charge on any atom is -0.444 e. The third-order valence-corrected chi connectivity index (χ3v) is 4.97. The smallest absolute Gasteiger partial charge is 0.408 e. The lowest BCUT2D eigenvalue weighted by Crippen LogP contribution is -2.40. The highest BCUT2D eigenvalue weighted by molar-refractivity contribution is 5.82. The maximum absolute atomic E-state index is 12.4. The molecular formula is C24H32N4O4. The summed E-state index contributed by atoms with van der Waals surface area (Å²) < 4.78 is 10.6. The Hall–Kier alpha value is -3.13. The normalized spacial score (nSPS) is 14.1. The second kappa shape index (κ2) is 10.5. The van der Waals surface area contributed by atoms with Crippen LogP contribution >= 0.6 is 0 Å². The highest BCUT2D eigenvalue weighted by Gasteiger charge is 2.18. The summed E-state index contributed by atoms with van der Waals surface area (Å²) in [4.78, 5) is 32.6. The van der Waals surface area contributed by atoms with Crippen LogP contribution in [0.3, 0.4) is 0 Å². The highest BCUT2D eigenvalue weighted by Crippen LogP contribution is 2.23. The van der Waals surface area contributed by atoms with E-state index in [2.05, 4.69) is 27.3 Å². The minimum atomic E-state index is -0.603. The fourth-order valence-electron chi connectivity index (χ4n) is 3.34. The SMILES string of the molecule is CN(Cc1cccc(-c2ccc(N3CCOCC3)nc2)c1)C(=O)CNC(=O)OC(C)(C)C. The second-order valence-electron chi connectivity index (χ2n) is 8.81. The first-order valence-electron chi connectivity index (χ1n) is 10.8. The Balaban J connectivity index is 1.57. The van der Waals surface area contributed by atoms with Crippen LogP contribution in [0.5, 0.6) is 0 Å². The number of hydrogen-bond donors (Lipinski definition) is 1. The van der Waals surface area contributed by atoms with Gasteiger partial charge in [0, 0.05) is 38.4 Å². The number of morpholine rings is 1. The molecule has 0 radical (unpaired) electrons. The van der Waals surface area contributed by atoms with Crippen LogP contribution in [0.25, 0.3) is 11.1 Å². The third kappa shape index (κ3) is 6.95. The number of aromatic nitrogens is 1. The van der Waals surface area contributed by atoms with Crippen LogP contribution in [-0.2, 0) is 20.8 Å². The molecule has 1 aromatic carbocycles. The molecule has 1 N–H and O–H groups in total. The molecule has 0 aliphatic carbocycles. The van der Waals surface area contributed by atoms with Gasteiger partial charge in [-0.2, -0.15) is 0 Å². The molecule has 0 saturated carbocycles. The molecule has 8 nitrogen and oxygen atoms in total. The molecule has 2 amide bonds. The molecule has 0 bridgehead atoms. The van der Waals surface area contributed by atoms with Gasteiger partial charge in [0.05, 0.1) is 13.2 Å². The van der Waals surface area contributed by atoms with Crippen LogP contribution in [0.4, 0.5) is 10.6 Å². The van der Waals surface area contributed by atoms with Gasteiger partial charge in [0.1, 0.15) is 18.0 Å². The molecule has 1 saturated heterocycles. The third-order valence-electron chi connectivity index (χ3n) is 4.97. The summed E-state index contributed by atoms with van der Waals surface area (Å²) in [7, 11) is 1.71. The molecule has 1 aromatic heterocycles. The monoisotopic (exact) mass is 440 g/mol. The van der Waals surface area contributed by atoms with Crippen molar-refractivity contribution in [2.24, 2.45) is 0 Å². The Bertz CT molecular complexity index is 918. The van der Waals surface area contributed by atoms with E-state index >= 15 is 0 Å². The van der Waals surface area contributed by atoms with Crippen molar-refractivity contribution in [1.82, 2.24) is 15.2 Å². The lowest BCUT2D eigenvalue weighted by molar-refractivity contribution is -0.129. The summed E-state index contributed by atoms with van der Waals surface area (Å²) in [5, 5.41) is 2.50. The van der Waals surface area contributed by atoms with Gasteiger partial charge in [0.25, 0.3) is 0 Å². The van der Waals surface area contributed by atoms with Gasteiger partial charge >= 0.3 is 6.09 Å². The number of likely N-dealkylation sites (N-methyl/N-ethyl adjacent to an activating group) is 1. The summed E-state index contributed by atoms with van der Waals surface area (Å²) in [5.74, 6) is 0.758. The number of rotatable bonds is 6. The topological polar surface area (TPSA) is 84.0 Å². The standard InChI is InChI=1S/C24H32N4O4/c1-24(2,3)32-23(30)26-16-22(29)27(4)17-18-6-5-7-19(14-18)20-8-9-21(25-15-20)28-10-12-31-13-11-28/h5-9,14-15H,10-13,16-17H2,1-4H3,(H,26,30). The molecule has 2 aromatic rings. The average Bonchev–Trinajstić information content (AvgIpc) is 2.77. The summed E-state index contributed by atoms with van der Waals surface area (Å²) in [6.07, 6.45) is 1.28. The number of pyridine rings is 1. The van der Waals surface area contributed by atoms with Crippen LogP contribution in [0.2, 0.25) is 0 Å². The van der Waals surface area contributed by atoms with E-state index in [1.807, 2.05) is 30.5 Å². The molecule has 8 heteroatoms. The minimum absolute atomic E-state index is 0.113. The van der Waals surface area contributed by atoms with E-state index in [0.29, 0.717) is 6.54 Å². The van der Waals surface area contributed by atoms with E-state index in [-0.39, 0.29) is 12.5 Å². The molecule has 32 heavy (non-hydrogen) atoms. The predicted molar refractivity (Wildman–Crippen MR) is 123 cm³/mol. The van der Waals surface area contributed by atoms with Crippen LogP contribution in [-0.4, -0.2) is 67.4 Å². The zero-order valence-electron chi connectivity index (χ0n) is 19.3. The molecule has 1 fully saturated rings. The number of benzene rings is 1. The van der Waals surface area contributed by atoms with Crippen LogP contribution in [0, 0.1) is 0 Å². The van der Waals surface area contributed by atoms with E-state index in [1.165, 1.54) is 0 Å². The molecule has 3 rings (SSSR count). The number of amides is 2. The van der Waals surface area contributed by atoms with Crippen molar-refractivity contribution < 1.29 is 19.1 Å². The summed E-state index contributed by atoms with van der Waals surface area (Å²) in [6, 6.07) is 12.1. The van der Waals surface area contributed by atoms with E-state index < -0.39 is 11.7 Å². The van der Waals surface area contributed by atoms with Gasteiger partial charge in [-0.3, -0.25) is 4.79 Å². The molecule has 0 spiro atoms. The average molecular weight is 441 g/mol.